The molecule has 0 amide bonds. The summed E-state index contributed by atoms with van der Waals surface area (Å²) in [6.07, 6.45) is 2.08. The van der Waals surface area contributed by atoms with Gasteiger partial charge in [-0.15, -0.1) is 0 Å². The highest BCUT2D eigenvalue weighted by molar-refractivity contribution is 5.98. The fourth-order valence-corrected chi connectivity index (χ4v) is 2.68. The van der Waals surface area contributed by atoms with Crippen LogP contribution in [0.4, 0.5) is 5.82 Å². The number of aromatic nitrogens is 3. The number of aryl methyl sites for hydroxylation is 3. The predicted molar refractivity (Wildman–Crippen MR) is 80.8 cm³/mol. The first-order chi connectivity index (χ1) is 9.51. The van der Waals surface area contributed by atoms with Crippen LogP contribution in [-0.2, 0) is 14.1 Å². The highest BCUT2D eigenvalue weighted by Gasteiger charge is 2.15. The van der Waals surface area contributed by atoms with Gasteiger partial charge in [-0.1, -0.05) is 0 Å². The van der Waals surface area contributed by atoms with Crippen molar-refractivity contribution in [3.05, 3.63) is 30.0 Å². The molecule has 3 aromatic rings. The van der Waals surface area contributed by atoms with Gasteiger partial charge in [0.1, 0.15) is 11.6 Å². The summed E-state index contributed by atoms with van der Waals surface area (Å²) in [4.78, 5) is 0. The van der Waals surface area contributed by atoms with Crippen LogP contribution in [0.3, 0.4) is 0 Å². The van der Waals surface area contributed by atoms with Gasteiger partial charge in [-0.05, 0) is 24.6 Å². The smallest absolute Gasteiger partial charge is 0.121 e. The van der Waals surface area contributed by atoms with E-state index in [1.807, 2.05) is 32.3 Å². The molecule has 2 N–H and O–H groups in total. The zero-order valence-corrected chi connectivity index (χ0v) is 12.1. The van der Waals surface area contributed by atoms with E-state index in [1.54, 1.807) is 11.8 Å². The van der Waals surface area contributed by atoms with Crippen LogP contribution in [0.1, 0.15) is 5.56 Å². The lowest BCUT2D eigenvalue weighted by Gasteiger charge is -2.05. The first-order valence-electron chi connectivity index (χ1n) is 6.45. The Morgan fingerprint density at radius 2 is 1.95 bits per heavy atom. The quantitative estimate of drug-likeness (QED) is 0.778. The van der Waals surface area contributed by atoms with Gasteiger partial charge in [0.15, 0.2) is 0 Å². The summed E-state index contributed by atoms with van der Waals surface area (Å²) in [5.41, 5.74) is 10.2. The van der Waals surface area contributed by atoms with Crippen LogP contribution in [0.2, 0.25) is 0 Å². The van der Waals surface area contributed by atoms with E-state index in [4.69, 9.17) is 10.5 Å². The van der Waals surface area contributed by atoms with Crippen molar-refractivity contribution in [2.24, 2.45) is 14.1 Å². The standard InChI is InChI=1S/C15H18N4O/c1-9-5-10(20-4)6-11-12(8-18(2)15(9)11)13-7-14(16)19(3)17-13/h5-8H,16H2,1-4H3. The fourth-order valence-electron chi connectivity index (χ4n) is 2.68. The number of nitrogens with two attached hydrogens (primary N) is 1. The van der Waals surface area contributed by atoms with Gasteiger partial charge in [0.2, 0.25) is 0 Å². The molecule has 2 heterocycles. The molecule has 0 saturated carbocycles. The zero-order chi connectivity index (χ0) is 14.4. The normalized spacial score (nSPS) is 11.2. The third kappa shape index (κ3) is 1.74. The van der Waals surface area contributed by atoms with Crippen molar-refractivity contribution >= 4 is 16.7 Å². The topological polar surface area (TPSA) is 58.0 Å². The number of anilines is 1. The number of hydrogen-bond acceptors (Lipinski definition) is 3. The number of nitrogen functional groups attached to an aromatic ring is 1. The number of hydrogen-bond donors (Lipinski definition) is 1. The minimum Gasteiger partial charge on any atom is -0.497 e. The fraction of sp³-hybridized carbons (Fsp3) is 0.267. The molecule has 5 nitrogen and oxygen atoms in total. The highest BCUT2D eigenvalue weighted by atomic mass is 16.5. The average molecular weight is 270 g/mol. The largest absolute Gasteiger partial charge is 0.497 e. The summed E-state index contributed by atoms with van der Waals surface area (Å²) >= 11 is 0. The molecule has 3 rings (SSSR count). The number of nitrogens with zero attached hydrogens (tertiary/aromatic N) is 3. The van der Waals surface area contributed by atoms with Crippen molar-refractivity contribution in [2.75, 3.05) is 12.8 Å². The number of benzene rings is 1. The molecule has 0 fully saturated rings. The van der Waals surface area contributed by atoms with Crippen LogP contribution in [0.25, 0.3) is 22.2 Å². The van der Waals surface area contributed by atoms with E-state index < -0.39 is 0 Å². The summed E-state index contributed by atoms with van der Waals surface area (Å²) in [6, 6.07) is 5.98. The van der Waals surface area contributed by atoms with Gasteiger partial charge < -0.3 is 15.0 Å². The van der Waals surface area contributed by atoms with Crippen molar-refractivity contribution < 1.29 is 4.74 Å². The molecule has 0 atom stereocenters. The van der Waals surface area contributed by atoms with Gasteiger partial charge in [-0.25, -0.2) is 0 Å². The van der Waals surface area contributed by atoms with Gasteiger partial charge in [0.05, 0.1) is 18.3 Å². The van der Waals surface area contributed by atoms with Crippen molar-refractivity contribution in [1.29, 1.82) is 0 Å². The van der Waals surface area contributed by atoms with Crippen molar-refractivity contribution in [3.63, 3.8) is 0 Å². The SMILES string of the molecule is COc1cc(C)c2c(c1)c(-c1cc(N)n(C)n1)cn2C. The molecule has 104 valence electrons. The van der Waals surface area contributed by atoms with E-state index in [9.17, 15) is 0 Å². The third-order valence-electron chi connectivity index (χ3n) is 3.67. The van der Waals surface area contributed by atoms with Crippen LogP contribution in [0.5, 0.6) is 5.75 Å². The molecule has 0 aliphatic rings. The predicted octanol–water partition coefficient (Wildman–Crippen LogP) is 2.48. The van der Waals surface area contributed by atoms with Crippen molar-refractivity contribution in [1.82, 2.24) is 14.3 Å². The van der Waals surface area contributed by atoms with E-state index in [0.29, 0.717) is 5.82 Å². The Morgan fingerprint density at radius 1 is 1.20 bits per heavy atom. The van der Waals surface area contributed by atoms with Crippen molar-refractivity contribution in [2.45, 2.75) is 6.92 Å². The minimum atomic E-state index is 0.650. The van der Waals surface area contributed by atoms with E-state index in [1.165, 1.54) is 11.1 Å². The lowest BCUT2D eigenvalue weighted by molar-refractivity contribution is 0.415. The summed E-state index contributed by atoms with van der Waals surface area (Å²) < 4.78 is 9.17. The van der Waals surface area contributed by atoms with E-state index in [0.717, 1.165) is 22.4 Å². The van der Waals surface area contributed by atoms with Gasteiger partial charge in [-0.3, -0.25) is 4.68 Å². The molecule has 0 spiro atoms. The van der Waals surface area contributed by atoms with Crippen LogP contribution in [-0.4, -0.2) is 21.5 Å². The Hall–Kier alpha value is -2.43. The van der Waals surface area contributed by atoms with Gasteiger partial charge >= 0.3 is 0 Å². The number of ether oxygens (including phenoxy) is 1. The van der Waals surface area contributed by atoms with Crippen LogP contribution >= 0.6 is 0 Å². The average Bonchev–Trinajstić information content (AvgIpc) is 2.91. The Kier molecular flexibility index (Phi) is 2.71. The molecular formula is C15H18N4O. The number of rotatable bonds is 2. The van der Waals surface area contributed by atoms with Crippen LogP contribution in [0, 0.1) is 6.92 Å². The molecule has 0 aliphatic heterocycles. The second-order valence-electron chi connectivity index (χ2n) is 5.07. The molecule has 5 heteroatoms. The van der Waals surface area contributed by atoms with Crippen LogP contribution < -0.4 is 10.5 Å². The number of fused-ring (bicyclic) bond motifs is 1. The lowest BCUT2D eigenvalue weighted by atomic mass is 10.1. The first kappa shape index (κ1) is 12.6. The maximum Gasteiger partial charge on any atom is 0.121 e. The molecule has 20 heavy (non-hydrogen) atoms. The maximum absolute atomic E-state index is 5.88. The Balaban J connectivity index is 2.33. The Labute approximate surface area is 117 Å². The molecule has 2 aromatic heterocycles. The summed E-state index contributed by atoms with van der Waals surface area (Å²) in [6.45, 7) is 2.08. The van der Waals surface area contributed by atoms with E-state index in [2.05, 4.69) is 22.8 Å². The molecule has 0 bridgehead atoms. The third-order valence-corrected chi connectivity index (χ3v) is 3.67. The maximum atomic E-state index is 5.88. The lowest BCUT2D eigenvalue weighted by Crippen LogP contribution is -1.96. The molecule has 0 aliphatic carbocycles. The van der Waals surface area contributed by atoms with E-state index >= 15 is 0 Å². The molecule has 0 saturated heterocycles. The van der Waals surface area contributed by atoms with Crippen molar-refractivity contribution in [3.8, 4) is 17.0 Å². The summed E-state index contributed by atoms with van der Waals surface area (Å²) in [5.74, 6) is 1.50. The Bertz CT molecular complexity index is 778. The molecule has 1 aromatic carbocycles. The monoisotopic (exact) mass is 270 g/mol. The second-order valence-corrected chi connectivity index (χ2v) is 5.07. The Morgan fingerprint density at radius 3 is 2.55 bits per heavy atom. The van der Waals surface area contributed by atoms with E-state index in [-0.39, 0.29) is 0 Å². The number of methoxy groups -OCH3 is 1. The second kappa shape index (κ2) is 4.30. The van der Waals surface area contributed by atoms with Gasteiger partial charge in [0, 0.05) is 37.3 Å². The summed E-state index contributed by atoms with van der Waals surface area (Å²) in [7, 11) is 5.56. The molecule has 0 unspecified atom stereocenters. The first-order valence-corrected chi connectivity index (χ1v) is 6.45. The molecule has 0 radical (unpaired) electrons. The minimum absolute atomic E-state index is 0.650. The molecular weight excluding hydrogens is 252 g/mol. The van der Waals surface area contributed by atoms with Gasteiger partial charge in [-0.2, -0.15) is 5.10 Å². The highest BCUT2D eigenvalue weighted by Crippen LogP contribution is 2.34. The summed E-state index contributed by atoms with van der Waals surface area (Å²) in [5, 5.41) is 5.59. The zero-order valence-electron chi connectivity index (χ0n) is 12.1. The van der Waals surface area contributed by atoms with Crippen LogP contribution in [0.15, 0.2) is 24.4 Å². The van der Waals surface area contributed by atoms with Gasteiger partial charge in [0.25, 0.3) is 0 Å².